The molecule has 1 N–H and O–H groups in total. The Morgan fingerprint density at radius 3 is 2.52 bits per heavy atom. The number of benzene rings is 1. The second-order valence-electron chi connectivity index (χ2n) is 4.20. The minimum atomic E-state index is -4.48. The van der Waals surface area contributed by atoms with E-state index in [1.54, 1.807) is 6.07 Å². The molecule has 0 spiro atoms. The molecule has 2 rings (SSSR count). The van der Waals surface area contributed by atoms with Gasteiger partial charge < -0.3 is 5.32 Å². The van der Waals surface area contributed by atoms with Gasteiger partial charge in [0.05, 0.1) is 14.9 Å². The van der Waals surface area contributed by atoms with Gasteiger partial charge >= 0.3 is 6.18 Å². The fourth-order valence-corrected chi connectivity index (χ4v) is 3.03. The molecule has 21 heavy (non-hydrogen) atoms. The highest BCUT2D eigenvalue weighted by atomic mass is 35.5. The Kier molecular flexibility index (Phi) is 5.14. The summed E-state index contributed by atoms with van der Waals surface area (Å²) >= 11 is 12.7. The molecule has 0 unspecified atom stereocenters. The van der Waals surface area contributed by atoms with Gasteiger partial charge in [0.1, 0.15) is 5.01 Å². The summed E-state index contributed by atoms with van der Waals surface area (Å²) in [7, 11) is 0. The molecule has 8 heteroatoms. The van der Waals surface area contributed by atoms with E-state index in [2.05, 4.69) is 10.3 Å². The molecule has 0 radical (unpaired) electrons. The average molecular weight is 355 g/mol. The van der Waals surface area contributed by atoms with Crippen molar-refractivity contribution in [2.45, 2.75) is 19.6 Å². The molecule has 0 saturated carbocycles. The highest BCUT2D eigenvalue weighted by molar-refractivity contribution is 7.15. The first kappa shape index (κ1) is 16.5. The van der Waals surface area contributed by atoms with Crippen LogP contribution in [-0.2, 0) is 12.7 Å². The zero-order chi connectivity index (χ0) is 15.6. The molecule has 0 aliphatic heterocycles. The maximum Gasteiger partial charge on any atom is 0.434 e. The molecule has 1 heterocycles. The summed E-state index contributed by atoms with van der Waals surface area (Å²) in [4.78, 5) is 3.88. The lowest BCUT2D eigenvalue weighted by atomic mass is 10.2. The van der Waals surface area contributed by atoms with Gasteiger partial charge in [-0.15, -0.1) is 11.3 Å². The van der Waals surface area contributed by atoms with Crippen LogP contribution in [0.3, 0.4) is 0 Å². The normalized spacial score (nSPS) is 11.9. The zero-order valence-corrected chi connectivity index (χ0v) is 13.2. The van der Waals surface area contributed by atoms with Crippen molar-refractivity contribution in [3.05, 3.63) is 38.8 Å². The van der Waals surface area contributed by atoms with E-state index < -0.39 is 11.9 Å². The SMILES string of the molecule is CCNCc1sc(-c2ccc(Cl)c(Cl)c2)nc1C(F)(F)F. The van der Waals surface area contributed by atoms with Gasteiger partial charge in [-0.05, 0) is 18.7 Å². The lowest BCUT2D eigenvalue weighted by Crippen LogP contribution is -2.15. The Hall–Kier alpha value is -0.820. The minimum absolute atomic E-state index is 0.129. The first-order valence-electron chi connectivity index (χ1n) is 6.06. The summed E-state index contributed by atoms with van der Waals surface area (Å²) in [6, 6.07) is 4.65. The monoisotopic (exact) mass is 354 g/mol. The van der Waals surface area contributed by atoms with E-state index in [-0.39, 0.29) is 21.5 Å². The summed E-state index contributed by atoms with van der Waals surface area (Å²) in [6.45, 7) is 2.54. The Bertz CT molecular complexity index is 641. The van der Waals surface area contributed by atoms with Crippen molar-refractivity contribution < 1.29 is 13.2 Å². The van der Waals surface area contributed by atoms with Crippen LogP contribution < -0.4 is 5.32 Å². The molecule has 2 aromatic rings. The molecule has 0 amide bonds. The van der Waals surface area contributed by atoms with Crippen LogP contribution in [0.5, 0.6) is 0 Å². The van der Waals surface area contributed by atoms with Gasteiger partial charge in [-0.2, -0.15) is 13.2 Å². The van der Waals surface area contributed by atoms with Crippen LogP contribution in [0.2, 0.25) is 10.0 Å². The summed E-state index contributed by atoms with van der Waals surface area (Å²) in [5.74, 6) is 0. The number of aromatic nitrogens is 1. The van der Waals surface area contributed by atoms with E-state index in [4.69, 9.17) is 23.2 Å². The number of thiazole rings is 1. The van der Waals surface area contributed by atoms with Crippen LogP contribution in [0, 0.1) is 0 Å². The zero-order valence-electron chi connectivity index (χ0n) is 10.9. The quantitative estimate of drug-likeness (QED) is 0.811. The molecule has 0 saturated heterocycles. The Labute approximate surface area is 133 Å². The van der Waals surface area contributed by atoms with Crippen molar-refractivity contribution in [2.24, 2.45) is 0 Å². The third-order valence-corrected chi connectivity index (χ3v) is 4.51. The molecule has 2 nitrogen and oxygen atoms in total. The number of halogens is 5. The molecule has 0 bridgehead atoms. The maximum absolute atomic E-state index is 13.0. The van der Waals surface area contributed by atoms with E-state index in [1.807, 2.05) is 6.92 Å². The van der Waals surface area contributed by atoms with E-state index in [9.17, 15) is 13.2 Å². The molecule has 1 aromatic carbocycles. The summed E-state index contributed by atoms with van der Waals surface area (Å²) in [5, 5.41) is 3.79. The number of alkyl halides is 3. The van der Waals surface area contributed by atoms with E-state index in [0.29, 0.717) is 17.1 Å². The van der Waals surface area contributed by atoms with Crippen molar-refractivity contribution in [1.29, 1.82) is 0 Å². The predicted molar refractivity (Wildman–Crippen MR) is 80.0 cm³/mol. The molecule has 1 aromatic heterocycles. The molecular formula is C13H11Cl2F3N2S. The second kappa shape index (κ2) is 6.52. The fourth-order valence-electron chi connectivity index (χ4n) is 1.68. The summed E-state index contributed by atoms with van der Waals surface area (Å²) < 4.78 is 39.1. The van der Waals surface area contributed by atoms with Crippen LogP contribution in [0.15, 0.2) is 18.2 Å². The van der Waals surface area contributed by atoms with Gasteiger partial charge in [0, 0.05) is 12.1 Å². The van der Waals surface area contributed by atoms with Gasteiger partial charge in [-0.1, -0.05) is 36.2 Å². The number of nitrogens with zero attached hydrogens (tertiary/aromatic N) is 1. The topological polar surface area (TPSA) is 24.9 Å². The number of hydrogen-bond donors (Lipinski definition) is 1. The minimum Gasteiger partial charge on any atom is -0.312 e. The van der Waals surface area contributed by atoms with Gasteiger partial charge in [0.2, 0.25) is 0 Å². The fraction of sp³-hybridized carbons (Fsp3) is 0.308. The number of hydrogen-bond acceptors (Lipinski definition) is 3. The average Bonchev–Trinajstić information content (AvgIpc) is 2.83. The number of rotatable bonds is 4. The highest BCUT2D eigenvalue weighted by Crippen LogP contribution is 2.38. The van der Waals surface area contributed by atoms with Crippen molar-refractivity contribution in [1.82, 2.24) is 10.3 Å². The van der Waals surface area contributed by atoms with E-state index >= 15 is 0 Å². The van der Waals surface area contributed by atoms with Gasteiger partial charge in [0.15, 0.2) is 5.69 Å². The Balaban J connectivity index is 2.45. The van der Waals surface area contributed by atoms with Crippen LogP contribution in [0.25, 0.3) is 10.6 Å². The Morgan fingerprint density at radius 1 is 1.24 bits per heavy atom. The first-order chi connectivity index (χ1) is 9.82. The molecule has 0 fully saturated rings. The smallest absolute Gasteiger partial charge is 0.312 e. The molecular weight excluding hydrogens is 344 g/mol. The van der Waals surface area contributed by atoms with Crippen LogP contribution in [0.1, 0.15) is 17.5 Å². The highest BCUT2D eigenvalue weighted by Gasteiger charge is 2.37. The third kappa shape index (κ3) is 3.88. The molecule has 0 aliphatic carbocycles. The van der Waals surface area contributed by atoms with Crippen molar-refractivity contribution in [2.75, 3.05) is 6.54 Å². The summed E-state index contributed by atoms with van der Waals surface area (Å²) in [6.07, 6.45) is -4.48. The maximum atomic E-state index is 13.0. The van der Waals surface area contributed by atoms with E-state index in [0.717, 1.165) is 11.3 Å². The van der Waals surface area contributed by atoms with Gasteiger partial charge in [-0.25, -0.2) is 4.98 Å². The molecule has 0 aliphatic rings. The first-order valence-corrected chi connectivity index (χ1v) is 7.63. The third-order valence-electron chi connectivity index (χ3n) is 2.67. The Morgan fingerprint density at radius 2 is 1.95 bits per heavy atom. The molecule has 0 atom stereocenters. The predicted octanol–water partition coefficient (Wildman–Crippen LogP) is 5.25. The largest absolute Gasteiger partial charge is 0.434 e. The van der Waals surface area contributed by atoms with Gasteiger partial charge in [0.25, 0.3) is 0 Å². The second-order valence-corrected chi connectivity index (χ2v) is 6.10. The lowest BCUT2D eigenvalue weighted by molar-refractivity contribution is -0.141. The van der Waals surface area contributed by atoms with Crippen molar-refractivity contribution in [3.63, 3.8) is 0 Å². The van der Waals surface area contributed by atoms with Crippen molar-refractivity contribution in [3.8, 4) is 10.6 Å². The van der Waals surface area contributed by atoms with Crippen LogP contribution in [0.4, 0.5) is 13.2 Å². The lowest BCUT2D eigenvalue weighted by Gasteiger charge is -2.05. The number of nitrogens with one attached hydrogen (secondary N) is 1. The standard InChI is InChI=1S/C13H11Cl2F3N2S/c1-2-19-6-10-11(13(16,17)18)20-12(21-10)7-3-4-8(14)9(15)5-7/h3-5,19H,2,6H2,1H3. The summed E-state index contributed by atoms with van der Waals surface area (Å²) in [5.41, 5.74) is -0.336. The van der Waals surface area contributed by atoms with Gasteiger partial charge in [-0.3, -0.25) is 0 Å². The van der Waals surface area contributed by atoms with Crippen LogP contribution >= 0.6 is 34.5 Å². The molecule has 114 valence electrons. The van der Waals surface area contributed by atoms with Crippen LogP contribution in [-0.4, -0.2) is 11.5 Å². The van der Waals surface area contributed by atoms with E-state index in [1.165, 1.54) is 12.1 Å². The van der Waals surface area contributed by atoms with Crippen molar-refractivity contribution >= 4 is 34.5 Å².